The Morgan fingerprint density at radius 3 is 2.64 bits per heavy atom. The van der Waals surface area contributed by atoms with Gasteiger partial charge < -0.3 is 9.47 Å². The van der Waals surface area contributed by atoms with Gasteiger partial charge in [-0.15, -0.1) is 0 Å². The Morgan fingerprint density at radius 1 is 1.29 bits per heavy atom. The van der Waals surface area contributed by atoms with Crippen LogP contribution in [0.1, 0.15) is 5.56 Å². The lowest BCUT2D eigenvalue weighted by atomic mass is 10.1. The summed E-state index contributed by atoms with van der Waals surface area (Å²) < 4.78 is 10.2. The van der Waals surface area contributed by atoms with Crippen LogP contribution in [0.5, 0.6) is 0 Å². The first-order valence-corrected chi connectivity index (χ1v) is 4.37. The van der Waals surface area contributed by atoms with Gasteiger partial charge in [-0.3, -0.25) is 4.79 Å². The number of rotatable bonds is 2. The highest BCUT2D eigenvalue weighted by atomic mass is 16.7. The van der Waals surface area contributed by atoms with Crippen molar-refractivity contribution in [1.29, 1.82) is 0 Å². The normalized spacial score (nSPS) is 20.9. The molecule has 1 atom stereocenters. The van der Waals surface area contributed by atoms with Crippen LogP contribution in [-0.4, -0.2) is 19.2 Å². The third kappa shape index (κ3) is 1.83. The summed E-state index contributed by atoms with van der Waals surface area (Å²) in [5, 5.41) is 0. The molecule has 0 fully saturated rings. The molecule has 2 rings (SSSR count). The molecule has 0 radical (unpaired) electrons. The van der Waals surface area contributed by atoms with Gasteiger partial charge in [0.2, 0.25) is 0 Å². The van der Waals surface area contributed by atoms with Gasteiger partial charge in [-0.1, -0.05) is 30.3 Å². The number of ether oxygens (including phenoxy) is 2. The van der Waals surface area contributed by atoms with Crippen molar-refractivity contribution in [2.24, 2.45) is 0 Å². The van der Waals surface area contributed by atoms with Crippen molar-refractivity contribution >= 4 is 11.9 Å². The molecule has 1 aliphatic rings. The van der Waals surface area contributed by atoms with Crippen molar-refractivity contribution in [1.82, 2.24) is 0 Å². The maximum absolute atomic E-state index is 10.3. The molecule has 0 saturated heterocycles. The van der Waals surface area contributed by atoms with Crippen LogP contribution in [0.25, 0.3) is 5.57 Å². The van der Waals surface area contributed by atoms with Crippen LogP contribution >= 0.6 is 0 Å². The van der Waals surface area contributed by atoms with Crippen LogP contribution in [0, 0.1) is 0 Å². The highest BCUT2D eigenvalue weighted by molar-refractivity contribution is 5.67. The van der Waals surface area contributed by atoms with Gasteiger partial charge in [-0.2, -0.15) is 0 Å². The standard InChI is InChI=1S/C11H10O3/c12-6-11-13-7-10(8-14-11)9-4-2-1-3-5-9/h1-7,11H,8H2. The Kier molecular flexibility index (Phi) is 2.60. The second-order valence-corrected chi connectivity index (χ2v) is 2.96. The van der Waals surface area contributed by atoms with E-state index >= 15 is 0 Å². The fraction of sp³-hybridized carbons (Fsp3) is 0.182. The van der Waals surface area contributed by atoms with E-state index in [0.29, 0.717) is 12.9 Å². The molecule has 1 heterocycles. The van der Waals surface area contributed by atoms with Crippen molar-refractivity contribution < 1.29 is 14.3 Å². The zero-order chi connectivity index (χ0) is 9.80. The second kappa shape index (κ2) is 4.07. The first kappa shape index (κ1) is 8.97. The number of carbonyl (C=O) groups is 1. The molecule has 0 amide bonds. The summed E-state index contributed by atoms with van der Waals surface area (Å²) in [6, 6.07) is 9.78. The van der Waals surface area contributed by atoms with Crippen molar-refractivity contribution in [3.8, 4) is 0 Å². The number of benzene rings is 1. The van der Waals surface area contributed by atoms with E-state index in [4.69, 9.17) is 9.47 Å². The lowest BCUT2D eigenvalue weighted by Crippen LogP contribution is -2.21. The van der Waals surface area contributed by atoms with E-state index in [1.165, 1.54) is 0 Å². The van der Waals surface area contributed by atoms with E-state index in [9.17, 15) is 4.79 Å². The van der Waals surface area contributed by atoms with Crippen LogP contribution in [0.3, 0.4) is 0 Å². The molecule has 72 valence electrons. The summed E-state index contributed by atoms with van der Waals surface area (Å²) in [7, 11) is 0. The quantitative estimate of drug-likeness (QED) is 0.664. The minimum atomic E-state index is -0.748. The van der Waals surface area contributed by atoms with E-state index < -0.39 is 6.29 Å². The maximum Gasteiger partial charge on any atom is 0.256 e. The highest BCUT2D eigenvalue weighted by Gasteiger charge is 2.15. The molecular formula is C11H10O3. The zero-order valence-electron chi connectivity index (χ0n) is 7.55. The van der Waals surface area contributed by atoms with E-state index in [1.54, 1.807) is 6.26 Å². The average Bonchev–Trinajstić information content (AvgIpc) is 2.30. The summed E-state index contributed by atoms with van der Waals surface area (Å²) in [4.78, 5) is 10.3. The molecule has 1 aromatic rings. The van der Waals surface area contributed by atoms with Crippen LogP contribution in [-0.2, 0) is 14.3 Å². The van der Waals surface area contributed by atoms with E-state index in [0.717, 1.165) is 11.1 Å². The van der Waals surface area contributed by atoms with Crippen molar-refractivity contribution in [2.45, 2.75) is 6.29 Å². The van der Waals surface area contributed by atoms with Gasteiger partial charge in [-0.25, -0.2) is 0 Å². The molecule has 3 heteroatoms. The summed E-state index contributed by atoms with van der Waals surface area (Å²) in [6.45, 7) is 0.410. The number of hydrogen-bond acceptors (Lipinski definition) is 3. The Morgan fingerprint density at radius 2 is 2.07 bits per heavy atom. The lowest BCUT2D eigenvalue weighted by molar-refractivity contribution is -0.144. The fourth-order valence-electron chi connectivity index (χ4n) is 1.27. The minimum absolute atomic E-state index is 0.410. The molecule has 0 spiro atoms. The number of carbonyl (C=O) groups excluding carboxylic acids is 1. The number of hydrogen-bond donors (Lipinski definition) is 0. The van der Waals surface area contributed by atoms with Gasteiger partial charge >= 0.3 is 0 Å². The lowest BCUT2D eigenvalue weighted by Gasteiger charge is -2.19. The van der Waals surface area contributed by atoms with Crippen LogP contribution in [0.4, 0.5) is 0 Å². The SMILES string of the molecule is O=CC1OC=C(c2ccccc2)CO1. The largest absolute Gasteiger partial charge is 0.465 e. The van der Waals surface area contributed by atoms with Gasteiger partial charge in [0.25, 0.3) is 6.29 Å². The predicted molar refractivity (Wildman–Crippen MR) is 51.3 cm³/mol. The zero-order valence-corrected chi connectivity index (χ0v) is 7.55. The molecular weight excluding hydrogens is 180 g/mol. The monoisotopic (exact) mass is 190 g/mol. The highest BCUT2D eigenvalue weighted by Crippen LogP contribution is 2.19. The van der Waals surface area contributed by atoms with E-state index in [-0.39, 0.29) is 0 Å². The summed E-state index contributed by atoms with van der Waals surface area (Å²) in [5.41, 5.74) is 2.00. The number of aldehydes is 1. The molecule has 3 nitrogen and oxygen atoms in total. The van der Waals surface area contributed by atoms with E-state index in [1.807, 2.05) is 30.3 Å². The van der Waals surface area contributed by atoms with Crippen molar-refractivity contribution in [3.05, 3.63) is 42.2 Å². The third-order valence-electron chi connectivity index (χ3n) is 2.00. The molecule has 1 aliphatic heterocycles. The molecule has 0 aliphatic carbocycles. The maximum atomic E-state index is 10.3. The molecule has 0 bridgehead atoms. The summed E-state index contributed by atoms with van der Waals surface area (Å²) in [5.74, 6) is 0. The topological polar surface area (TPSA) is 35.5 Å². The fourth-order valence-corrected chi connectivity index (χ4v) is 1.27. The van der Waals surface area contributed by atoms with Gasteiger partial charge in [0.1, 0.15) is 0 Å². The van der Waals surface area contributed by atoms with Gasteiger partial charge in [0.15, 0.2) is 6.29 Å². The average molecular weight is 190 g/mol. The predicted octanol–water partition coefficient (Wildman–Crippen LogP) is 1.60. The Bertz CT molecular complexity index is 343. The summed E-state index contributed by atoms with van der Waals surface area (Å²) >= 11 is 0. The smallest absolute Gasteiger partial charge is 0.256 e. The second-order valence-electron chi connectivity index (χ2n) is 2.96. The van der Waals surface area contributed by atoms with Crippen LogP contribution in [0.2, 0.25) is 0 Å². The molecule has 1 aromatic carbocycles. The molecule has 0 saturated carbocycles. The van der Waals surface area contributed by atoms with Gasteiger partial charge in [0.05, 0.1) is 12.9 Å². The minimum Gasteiger partial charge on any atom is -0.465 e. The van der Waals surface area contributed by atoms with Crippen molar-refractivity contribution in [2.75, 3.05) is 6.61 Å². The summed E-state index contributed by atoms with van der Waals surface area (Å²) in [6.07, 6.45) is 1.47. The van der Waals surface area contributed by atoms with Gasteiger partial charge in [-0.05, 0) is 5.56 Å². The molecule has 1 unspecified atom stereocenters. The van der Waals surface area contributed by atoms with Gasteiger partial charge in [0, 0.05) is 5.57 Å². The van der Waals surface area contributed by atoms with Crippen LogP contribution < -0.4 is 0 Å². The Hall–Kier alpha value is -1.61. The Balaban J connectivity index is 2.14. The molecule has 0 aromatic heterocycles. The van der Waals surface area contributed by atoms with Crippen molar-refractivity contribution in [3.63, 3.8) is 0 Å². The van der Waals surface area contributed by atoms with Crippen LogP contribution in [0.15, 0.2) is 36.6 Å². The first-order valence-electron chi connectivity index (χ1n) is 4.37. The molecule has 0 N–H and O–H groups in total. The first-order chi connectivity index (χ1) is 6.90. The van der Waals surface area contributed by atoms with E-state index in [2.05, 4.69) is 0 Å². The Labute approximate surface area is 81.9 Å². The molecule has 14 heavy (non-hydrogen) atoms. The third-order valence-corrected chi connectivity index (χ3v) is 2.00.